The number of carbonyl (C=O) groups is 2. The van der Waals surface area contributed by atoms with Crippen molar-refractivity contribution in [1.29, 1.82) is 0 Å². The number of oxazole rings is 1. The second kappa shape index (κ2) is 14.7. The number of amides is 2. The molecule has 2 atom stereocenters. The highest BCUT2D eigenvalue weighted by Gasteiger charge is 2.34. The Morgan fingerprint density at radius 1 is 1.06 bits per heavy atom. The van der Waals surface area contributed by atoms with Crippen LogP contribution in [-0.2, 0) is 13.0 Å². The van der Waals surface area contributed by atoms with E-state index >= 15 is 0 Å². The van der Waals surface area contributed by atoms with E-state index in [9.17, 15) is 14.7 Å². The molecule has 1 fully saturated rings. The lowest BCUT2D eigenvalue weighted by Gasteiger charge is -2.24. The van der Waals surface area contributed by atoms with Gasteiger partial charge in [0.25, 0.3) is 11.8 Å². The van der Waals surface area contributed by atoms with Crippen LogP contribution in [0.5, 0.6) is 5.75 Å². The first-order valence-electron chi connectivity index (χ1n) is 16.3. The summed E-state index contributed by atoms with van der Waals surface area (Å²) in [4.78, 5) is 39.7. The van der Waals surface area contributed by atoms with Crippen LogP contribution in [0.15, 0.2) is 65.5 Å². The number of aromatic hydroxyl groups is 1. The molecule has 2 aromatic carbocycles. The van der Waals surface area contributed by atoms with Gasteiger partial charge in [-0.25, -0.2) is 4.98 Å². The molecule has 0 spiro atoms. The minimum absolute atomic E-state index is 0.137. The summed E-state index contributed by atoms with van der Waals surface area (Å²) >= 11 is 0. The normalized spacial score (nSPS) is 15.1. The van der Waals surface area contributed by atoms with Crippen molar-refractivity contribution in [2.45, 2.75) is 77.9 Å². The Kier molecular flexibility index (Phi) is 10.5. The standard InChI is InChI=1S/C37H46N6O4/c1-23(2)30-14-27(19-38-21-30)20-39-32-12-11-26(15-34(32)44)10-9-24(3)40-35(45)28-16-29(18-31(17-28)42(5)6)37(46)43-13-7-8-33(43)36-41-25(4)22-47-36/h11-12,14-19,21-24,33,39,44H,7-10,13,20H2,1-6H3,(H,40,45)/t24-,33+/m0/s1. The smallest absolute Gasteiger partial charge is 0.254 e. The Morgan fingerprint density at radius 2 is 1.85 bits per heavy atom. The largest absolute Gasteiger partial charge is 0.506 e. The van der Waals surface area contributed by atoms with E-state index in [-0.39, 0.29) is 29.6 Å². The fraction of sp³-hybridized carbons (Fsp3) is 0.405. The van der Waals surface area contributed by atoms with Crippen molar-refractivity contribution in [3.8, 4) is 5.75 Å². The lowest BCUT2D eigenvalue weighted by Crippen LogP contribution is -2.34. The van der Waals surface area contributed by atoms with E-state index in [4.69, 9.17) is 4.42 Å². The minimum atomic E-state index is -0.241. The number of nitrogens with one attached hydrogen (secondary N) is 2. The molecule has 1 aliphatic heterocycles. The lowest BCUT2D eigenvalue weighted by molar-refractivity contribution is 0.0715. The van der Waals surface area contributed by atoms with Gasteiger partial charge in [0, 0.05) is 62.4 Å². The minimum Gasteiger partial charge on any atom is -0.506 e. The summed E-state index contributed by atoms with van der Waals surface area (Å²) in [6.45, 7) is 9.27. The maximum atomic E-state index is 13.7. The number of aryl methyl sites for hydroxylation is 2. The number of benzene rings is 2. The van der Waals surface area contributed by atoms with Crippen LogP contribution in [-0.4, -0.2) is 58.5 Å². The van der Waals surface area contributed by atoms with Crippen LogP contribution >= 0.6 is 0 Å². The molecule has 0 saturated carbocycles. The van der Waals surface area contributed by atoms with E-state index in [0.717, 1.165) is 35.3 Å². The van der Waals surface area contributed by atoms with Crippen LogP contribution in [0.3, 0.4) is 0 Å². The third kappa shape index (κ3) is 8.30. The zero-order chi connectivity index (χ0) is 33.7. The second-order valence-electron chi connectivity index (χ2n) is 13.0. The number of phenols is 1. The molecule has 0 bridgehead atoms. The van der Waals surface area contributed by atoms with E-state index in [1.54, 1.807) is 29.4 Å². The summed E-state index contributed by atoms with van der Waals surface area (Å²) in [5.41, 5.74) is 6.30. The molecule has 2 aromatic heterocycles. The van der Waals surface area contributed by atoms with E-state index in [1.807, 2.05) is 63.4 Å². The summed E-state index contributed by atoms with van der Waals surface area (Å²) in [6, 6.07) is 12.7. The van der Waals surface area contributed by atoms with Gasteiger partial charge in [-0.05, 0) is 92.5 Å². The van der Waals surface area contributed by atoms with Crippen LogP contribution in [0.1, 0.15) is 101 Å². The molecule has 2 amide bonds. The predicted molar refractivity (Wildman–Crippen MR) is 184 cm³/mol. The van der Waals surface area contributed by atoms with Gasteiger partial charge in [-0.15, -0.1) is 0 Å². The molecule has 3 N–H and O–H groups in total. The van der Waals surface area contributed by atoms with Gasteiger partial charge in [-0.3, -0.25) is 14.6 Å². The number of rotatable bonds is 12. The number of nitrogens with zero attached hydrogens (tertiary/aromatic N) is 4. The summed E-state index contributed by atoms with van der Waals surface area (Å²) in [7, 11) is 3.78. The Balaban J connectivity index is 1.19. The van der Waals surface area contributed by atoms with Gasteiger partial charge in [0.15, 0.2) is 0 Å². The van der Waals surface area contributed by atoms with Crippen molar-refractivity contribution in [3.05, 3.63) is 101 Å². The third-order valence-corrected chi connectivity index (χ3v) is 8.65. The number of pyridine rings is 1. The van der Waals surface area contributed by atoms with Gasteiger partial charge in [-0.2, -0.15) is 0 Å². The fourth-order valence-corrected chi connectivity index (χ4v) is 5.84. The van der Waals surface area contributed by atoms with E-state index < -0.39 is 0 Å². The first-order valence-corrected chi connectivity index (χ1v) is 16.3. The molecular weight excluding hydrogens is 592 g/mol. The molecule has 0 unspecified atom stereocenters. The number of likely N-dealkylation sites (tertiary alicyclic amines) is 1. The molecule has 5 rings (SSSR count). The quantitative estimate of drug-likeness (QED) is 0.148. The van der Waals surface area contributed by atoms with E-state index in [0.29, 0.717) is 54.6 Å². The highest BCUT2D eigenvalue weighted by molar-refractivity contribution is 6.01. The van der Waals surface area contributed by atoms with Gasteiger partial charge in [0.05, 0.1) is 11.4 Å². The third-order valence-electron chi connectivity index (χ3n) is 8.65. The van der Waals surface area contributed by atoms with Crippen molar-refractivity contribution in [2.75, 3.05) is 30.9 Å². The zero-order valence-corrected chi connectivity index (χ0v) is 28.2. The maximum absolute atomic E-state index is 13.7. The molecule has 3 heterocycles. The molecule has 47 heavy (non-hydrogen) atoms. The SMILES string of the molecule is Cc1coc([C@H]2CCCN2C(=O)c2cc(C(=O)N[C@@H](C)CCc3ccc(NCc4cncc(C(C)C)c4)c(O)c3)cc(N(C)C)c2)n1. The number of hydrogen-bond acceptors (Lipinski definition) is 8. The van der Waals surface area contributed by atoms with Crippen LogP contribution in [0.2, 0.25) is 0 Å². The Hall–Kier alpha value is -4.86. The molecule has 0 aliphatic carbocycles. The summed E-state index contributed by atoms with van der Waals surface area (Å²) in [5, 5.41) is 17.1. The van der Waals surface area contributed by atoms with E-state index in [2.05, 4.69) is 40.5 Å². The van der Waals surface area contributed by atoms with Crippen molar-refractivity contribution in [2.24, 2.45) is 0 Å². The molecule has 1 saturated heterocycles. The van der Waals surface area contributed by atoms with Gasteiger partial charge < -0.3 is 30.0 Å². The summed E-state index contributed by atoms with van der Waals surface area (Å²) in [5.74, 6) is 0.745. The number of carbonyl (C=O) groups excluding carboxylic acids is 2. The monoisotopic (exact) mass is 638 g/mol. The molecule has 0 radical (unpaired) electrons. The van der Waals surface area contributed by atoms with Gasteiger partial charge in [0.2, 0.25) is 5.89 Å². The molecule has 4 aromatic rings. The predicted octanol–water partition coefficient (Wildman–Crippen LogP) is 6.61. The van der Waals surface area contributed by atoms with Crippen LogP contribution in [0.25, 0.3) is 0 Å². The molecule has 10 nitrogen and oxygen atoms in total. The Bertz CT molecular complexity index is 1710. The number of hydrogen-bond donors (Lipinski definition) is 3. The highest BCUT2D eigenvalue weighted by Crippen LogP contribution is 2.33. The first kappa shape index (κ1) is 33.5. The van der Waals surface area contributed by atoms with Crippen molar-refractivity contribution < 1.29 is 19.1 Å². The fourth-order valence-electron chi connectivity index (χ4n) is 5.84. The average molecular weight is 639 g/mol. The van der Waals surface area contributed by atoms with Crippen molar-refractivity contribution >= 4 is 23.2 Å². The summed E-state index contributed by atoms with van der Waals surface area (Å²) < 4.78 is 5.64. The molecule has 1 aliphatic rings. The number of anilines is 2. The first-order chi connectivity index (χ1) is 22.5. The topological polar surface area (TPSA) is 124 Å². The molecular formula is C37H46N6O4. The number of aromatic nitrogens is 2. The second-order valence-corrected chi connectivity index (χ2v) is 13.0. The zero-order valence-electron chi connectivity index (χ0n) is 28.2. The van der Waals surface area contributed by atoms with Crippen molar-refractivity contribution in [1.82, 2.24) is 20.2 Å². The Morgan fingerprint density at radius 3 is 2.55 bits per heavy atom. The van der Waals surface area contributed by atoms with E-state index in [1.165, 1.54) is 5.56 Å². The molecule has 248 valence electrons. The number of phenolic OH excluding ortho intramolecular Hbond substituents is 1. The van der Waals surface area contributed by atoms with Gasteiger partial charge in [0.1, 0.15) is 18.1 Å². The van der Waals surface area contributed by atoms with Crippen LogP contribution < -0.4 is 15.5 Å². The van der Waals surface area contributed by atoms with Gasteiger partial charge >= 0.3 is 0 Å². The van der Waals surface area contributed by atoms with Crippen molar-refractivity contribution in [3.63, 3.8) is 0 Å². The highest BCUT2D eigenvalue weighted by atomic mass is 16.3. The lowest BCUT2D eigenvalue weighted by atomic mass is 10.0. The Labute approximate surface area is 277 Å². The molecule has 10 heteroatoms. The summed E-state index contributed by atoms with van der Waals surface area (Å²) in [6.07, 6.45) is 8.32. The van der Waals surface area contributed by atoms with Crippen LogP contribution in [0, 0.1) is 6.92 Å². The van der Waals surface area contributed by atoms with Crippen LogP contribution in [0.4, 0.5) is 11.4 Å². The van der Waals surface area contributed by atoms with Gasteiger partial charge in [-0.1, -0.05) is 26.0 Å². The average Bonchev–Trinajstić information content (AvgIpc) is 3.72. The maximum Gasteiger partial charge on any atom is 0.254 e.